The van der Waals surface area contributed by atoms with Crippen LogP contribution in [0.5, 0.6) is 0 Å². The van der Waals surface area contributed by atoms with Gasteiger partial charge in [-0.3, -0.25) is 0 Å². The van der Waals surface area contributed by atoms with Gasteiger partial charge in [-0.2, -0.15) is 0 Å². The topological polar surface area (TPSA) is 6.48 Å². The summed E-state index contributed by atoms with van der Waals surface area (Å²) < 4.78 is 0. The maximum Gasteiger partial charge on any atom is 0.0540 e. The summed E-state index contributed by atoms with van der Waals surface area (Å²) in [4.78, 5) is 5.01. The average molecular weight is 741 g/mol. The molecule has 2 heteroatoms. The Morgan fingerprint density at radius 2 is 0.603 bits per heavy atom. The minimum absolute atomic E-state index is 1.01. The molecule has 10 aromatic rings. The fourth-order valence-electron chi connectivity index (χ4n) is 10.0. The summed E-state index contributed by atoms with van der Waals surface area (Å²) in [5.74, 6) is 0. The molecule has 0 radical (unpaired) electrons. The SMILES string of the molecule is c1ccc2cc(N(c3cc4c5c(c3)CCc3cc(N(c6ccc7ccccc7c6)c6cccc7ccccc67)cc(c3-5)CC4)c3cccc4ccccc34)ccc2c1. The van der Waals surface area contributed by atoms with Crippen LogP contribution >= 0.6 is 0 Å². The molecule has 12 rings (SSSR count). The van der Waals surface area contributed by atoms with Crippen LogP contribution < -0.4 is 9.80 Å². The number of hydrogen-bond donors (Lipinski definition) is 0. The lowest BCUT2D eigenvalue weighted by Gasteiger charge is -2.35. The van der Waals surface area contributed by atoms with Crippen molar-refractivity contribution < 1.29 is 0 Å². The highest BCUT2D eigenvalue weighted by molar-refractivity contribution is 6.02. The number of hydrogen-bond acceptors (Lipinski definition) is 2. The van der Waals surface area contributed by atoms with Crippen LogP contribution in [0.25, 0.3) is 54.2 Å². The Morgan fingerprint density at radius 3 is 1.02 bits per heavy atom. The molecule has 0 aliphatic heterocycles. The van der Waals surface area contributed by atoms with Gasteiger partial charge < -0.3 is 9.80 Å². The first-order chi connectivity index (χ1) is 28.7. The summed E-state index contributed by atoms with van der Waals surface area (Å²) in [6.07, 6.45) is 4.05. The molecule has 2 aliphatic carbocycles. The molecular formula is C56H40N2. The van der Waals surface area contributed by atoms with Gasteiger partial charge in [0, 0.05) is 33.5 Å². The van der Waals surface area contributed by atoms with Crippen molar-refractivity contribution in [2.24, 2.45) is 0 Å². The maximum absolute atomic E-state index is 2.51. The van der Waals surface area contributed by atoms with Crippen LogP contribution in [0.3, 0.4) is 0 Å². The van der Waals surface area contributed by atoms with Crippen molar-refractivity contribution in [2.75, 3.05) is 9.80 Å². The molecular weight excluding hydrogens is 701 g/mol. The Labute approximate surface area is 338 Å². The second-order valence-electron chi connectivity index (χ2n) is 16.0. The van der Waals surface area contributed by atoms with Gasteiger partial charge >= 0.3 is 0 Å². The van der Waals surface area contributed by atoms with Crippen LogP contribution in [-0.4, -0.2) is 0 Å². The fourth-order valence-corrected chi connectivity index (χ4v) is 10.0. The van der Waals surface area contributed by atoms with E-state index in [1.54, 1.807) is 0 Å². The Kier molecular flexibility index (Phi) is 7.53. The third kappa shape index (κ3) is 5.33. The van der Waals surface area contributed by atoms with E-state index in [0.29, 0.717) is 0 Å². The number of rotatable bonds is 6. The van der Waals surface area contributed by atoms with Gasteiger partial charge in [0.25, 0.3) is 0 Å². The van der Waals surface area contributed by atoms with E-state index in [0.717, 1.165) is 25.7 Å². The van der Waals surface area contributed by atoms with Crippen LogP contribution in [0.15, 0.2) is 194 Å². The first-order valence-corrected chi connectivity index (χ1v) is 20.6. The predicted octanol–water partition coefficient (Wildman–Crippen LogP) is 15.1. The number of fused-ring (bicyclic) bond motifs is 4. The van der Waals surface area contributed by atoms with E-state index >= 15 is 0 Å². The van der Waals surface area contributed by atoms with Crippen molar-refractivity contribution in [1.82, 2.24) is 0 Å². The van der Waals surface area contributed by atoms with Crippen molar-refractivity contribution in [1.29, 1.82) is 0 Å². The van der Waals surface area contributed by atoms with Gasteiger partial charge in [0.1, 0.15) is 0 Å². The van der Waals surface area contributed by atoms with Crippen LogP contribution in [0.1, 0.15) is 22.3 Å². The molecule has 0 unspecified atom stereocenters. The van der Waals surface area contributed by atoms with E-state index in [2.05, 4.69) is 204 Å². The molecule has 58 heavy (non-hydrogen) atoms. The second kappa shape index (κ2) is 13.2. The standard InChI is InChI=1S/C56H40N2/c1-3-15-41-31-47(29-27-37(41)11-1)57(53-21-9-17-39-13-5-7-19-51(39)53)49-33-43-23-25-45-35-50(36-46-26-24-44(34-49)55(43)56(45)46)58(48-30-28-38-12-2-4-16-42(38)32-48)54-22-10-18-40-14-6-8-20-52(40)54/h1-22,27-36H,23-26H2. The molecule has 10 aromatic carbocycles. The molecule has 2 aliphatic rings. The Hall–Kier alpha value is -7.16. The monoisotopic (exact) mass is 740 g/mol. The summed E-state index contributed by atoms with van der Waals surface area (Å²) in [5, 5.41) is 10.0. The van der Waals surface area contributed by atoms with Crippen molar-refractivity contribution in [3.8, 4) is 11.1 Å². The Balaban J connectivity index is 1.02. The zero-order valence-corrected chi connectivity index (χ0v) is 32.2. The van der Waals surface area contributed by atoms with E-state index in [9.17, 15) is 0 Å². The summed E-state index contributed by atoms with van der Waals surface area (Å²) in [6.45, 7) is 0. The lowest BCUT2D eigenvalue weighted by molar-refractivity contribution is 0.875. The lowest BCUT2D eigenvalue weighted by Crippen LogP contribution is -2.18. The van der Waals surface area contributed by atoms with E-state index < -0.39 is 0 Å². The largest absolute Gasteiger partial charge is 0.310 e. The Morgan fingerprint density at radius 1 is 0.259 bits per heavy atom. The van der Waals surface area contributed by atoms with E-state index in [4.69, 9.17) is 0 Å². The second-order valence-corrected chi connectivity index (χ2v) is 16.0. The van der Waals surface area contributed by atoms with Crippen molar-refractivity contribution in [3.05, 3.63) is 216 Å². The summed E-state index contributed by atoms with van der Waals surface area (Å²) >= 11 is 0. The highest BCUT2D eigenvalue weighted by Crippen LogP contribution is 2.50. The number of anilines is 6. The minimum Gasteiger partial charge on any atom is -0.310 e. The van der Waals surface area contributed by atoms with Gasteiger partial charge in [0.15, 0.2) is 0 Å². The normalized spacial score (nSPS) is 12.9. The van der Waals surface area contributed by atoms with Crippen LogP contribution in [0.4, 0.5) is 34.1 Å². The summed E-state index contributed by atoms with van der Waals surface area (Å²) in [7, 11) is 0. The van der Waals surface area contributed by atoms with Crippen molar-refractivity contribution in [3.63, 3.8) is 0 Å². The van der Waals surface area contributed by atoms with Crippen LogP contribution in [0, 0.1) is 0 Å². The van der Waals surface area contributed by atoms with Gasteiger partial charge in [0.05, 0.1) is 11.4 Å². The summed E-state index contributed by atoms with van der Waals surface area (Å²) in [5.41, 5.74) is 16.0. The molecule has 274 valence electrons. The average Bonchev–Trinajstić information content (AvgIpc) is 3.28. The zero-order valence-electron chi connectivity index (χ0n) is 32.2. The van der Waals surface area contributed by atoms with Gasteiger partial charge in [-0.25, -0.2) is 0 Å². The van der Waals surface area contributed by atoms with Crippen molar-refractivity contribution >= 4 is 77.2 Å². The maximum atomic E-state index is 2.51. The molecule has 0 aromatic heterocycles. The van der Waals surface area contributed by atoms with Gasteiger partial charge in [0.2, 0.25) is 0 Å². The smallest absolute Gasteiger partial charge is 0.0540 e. The van der Waals surface area contributed by atoms with Crippen LogP contribution in [0.2, 0.25) is 0 Å². The molecule has 0 spiro atoms. The van der Waals surface area contributed by atoms with Crippen molar-refractivity contribution in [2.45, 2.75) is 25.7 Å². The number of nitrogens with zero attached hydrogens (tertiary/aromatic N) is 2. The highest BCUT2D eigenvalue weighted by Gasteiger charge is 2.30. The first kappa shape index (κ1) is 33.0. The van der Waals surface area contributed by atoms with Gasteiger partial charge in [-0.1, -0.05) is 133 Å². The molecule has 2 nitrogen and oxygen atoms in total. The third-order valence-corrected chi connectivity index (χ3v) is 12.7. The fraction of sp³-hybridized carbons (Fsp3) is 0.0714. The molecule has 0 N–H and O–H groups in total. The number of aryl methyl sites for hydroxylation is 4. The number of benzene rings is 10. The molecule has 0 bridgehead atoms. The third-order valence-electron chi connectivity index (χ3n) is 12.7. The molecule has 0 saturated carbocycles. The minimum atomic E-state index is 1.01. The highest BCUT2D eigenvalue weighted by atomic mass is 15.1. The van der Waals surface area contributed by atoms with Crippen LogP contribution in [-0.2, 0) is 25.7 Å². The molecule has 0 atom stereocenters. The van der Waals surface area contributed by atoms with E-state index in [1.165, 1.54) is 111 Å². The summed E-state index contributed by atoms with van der Waals surface area (Å²) in [6, 6.07) is 72.2. The van der Waals surface area contributed by atoms with Gasteiger partial charge in [-0.15, -0.1) is 0 Å². The molecule has 0 fully saturated rings. The molecule has 0 amide bonds. The predicted molar refractivity (Wildman–Crippen MR) is 246 cm³/mol. The quantitative estimate of drug-likeness (QED) is 0.167. The molecule has 0 saturated heterocycles. The zero-order chi connectivity index (χ0) is 38.2. The first-order valence-electron chi connectivity index (χ1n) is 20.6. The van der Waals surface area contributed by atoms with E-state index in [-0.39, 0.29) is 0 Å². The van der Waals surface area contributed by atoms with E-state index in [1.807, 2.05) is 0 Å². The molecule has 0 heterocycles. The lowest BCUT2D eigenvalue weighted by atomic mass is 9.75. The Bertz CT molecular complexity index is 2990. The van der Waals surface area contributed by atoms with Gasteiger partial charge in [-0.05, 0) is 152 Å².